The van der Waals surface area contributed by atoms with Gasteiger partial charge in [0.05, 0.1) is 18.6 Å². The summed E-state index contributed by atoms with van der Waals surface area (Å²) in [5.74, 6) is -0.456. The second-order valence-corrected chi connectivity index (χ2v) is 7.90. The zero-order valence-corrected chi connectivity index (χ0v) is 14.6. The summed E-state index contributed by atoms with van der Waals surface area (Å²) >= 11 is 3.99. The van der Waals surface area contributed by atoms with E-state index in [1.54, 1.807) is 11.4 Å². The maximum Gasteiger partial charge on any atom is 0.350 e. The molecule has 0 spiro atoms. The Morgan fingerprint density at radius 3 is 3.00 bits per heavy atom. The number of hydrogen-bond acceptors (Lipinski definition) is 9. The van der Waals surface area contributed by atoms with Crippen LogP contribution >= 0.6 is 34.4 Å². The fourth-order valence-electron chi connectivity index (χ4n) is 1.70. The van der Waals surface area contributed by atoms with Crippen LogP contribution in [0.2, 0.25) is 0 Å². The molecule has 0 aliphatic heterocycles. The molecule has 23 heavy (non-hydrogen) atoms. The SMILES string of the molecule is COC(=O)c1sccc1NC(=O)CSc1nnc(NC2CC2)s1. The van der Waals surface area contributed by atoms with Crippen LogP contribution in [-0.2, 0) is 9.53 Å². The summed E-state index contributed by atoms with van der Waals surface area (Å²) in [5, 5.41) is 16.6. The third-order valence-corrected chi connectivity index (χ3v) is 5.83. The minimum atomic E-state index is -0.456. The van der Waals surface area contributed by atoms with Crippen LogP contribution in [0.15, 0.2) is 15.8 Å². The number of carbonyl (C=O) groups excluding carboxylic acids is 2. The molecular weight excluding hydrogens is 356 g/mol. The molecule has 0 saturated heterocycles. The lowest BCUT2D eigenvalue weighted by molar-refractivity contribution is -0.113. The first kappa shape index (κ1) is 16.2. The Hall–Kier alpha value is -1.65. The summed E-state index contributed by atoms with van der Waals surface area (Å²) in [6.45, 7) is 0. The molecule has 7 nitrogen and oxygen atoms in total. The average molecular weight is 370 g/mol. The predicted molar refractivity (Wildman–Crippen MR) is 91.6 cm³/mol. The van der Waals surface area contributed by atoms with Crippen LogP contribution in [-0.4, -0.2) is 41.0 Å². The van der Waals surface area contributed by atoms with Gasteiger partial charge in [0, 0.05) is 6.04 Å². The summed E-state index contributed by atoms with van der Waals surface area (Å²) in [6, 6.07) is 2.21. The number of aromatic nitrogens is 2. The van der Waals surface area contributed by atoms with Crippen molar-refractivity contribution < 1.29 is 14.3 Å². The maximum absolute atomic E-state index is 12.0. The normalized spacial score (nSPS) is 13.6. The van der Waals surface area contributed by atoms with Crippen molar-refractivity contribution in [3.8, 4) is 0 Å². The number of nitrogens with zero attached hydrogens (tertiary/aromatic N) is 2. The lowest BCUT2D eigenvalue weighted by Crippen LogP contribution is -2.15. The Labute approximate surface area is 144 Å². The Balaban J connectivity index is 1.50. The van der Waals surface area contributed by atoms with Crippen LogP contribution in [0.4, 0.5) is 10.8 Å². The third-order valence-electron chi connectivity index (χ3n) is 2.95. The highest BCUT2D eigenvalue weighted by Crippen LogP contribution is 2.30. The number of rotatable bonds is 7. The molecule has 122 valence electrons. The number of esters is 1. The van der Waals surface area contributed by atoms with E-state index in [2.05, 4.69) is 25.6 Å². The van der Waals surface area contributed by atoms with Gasteiger partial charge in [-0.15, -0.1) is 21.5 Å². The molecule has 2 aromatic rings. The van der Waals surface area contributed by atoms with Gasteiger partial charge in [-0.1, -0.05) is 23.1 Å². The van der Waals surface area contributed by atoms with E-state index in [1.165, 1.54) is 54.4 Å². The van der Waals surface area contributed by atoms with E-state index >= 15 is 0 Å². The van der Waals surface area contributed by atoms with Crippen molar-refractivity contribution >= 4 is 57.1 Å². The van der Waals surface area contributed by atoms with Gasteiger partial charge >= 0.3 is 5.97 Å². The molecule has 0 unspecified atom stereocenters. The Bertz CT molecular complexity index is 711. The first-order chi connectivity index (χ1) is 11.2. The minimum Gasteiger partial charge on any atom is -0.465 e. The van der Waals surface area contributed by atoms with Gasteiger partial charge in [-0.3, -0.25) is 4.79 Å². The molecule has 2 N–H and O–H groups in total. The molecule has 3 rings (SSSR count). The Kier molecular flexibility index (Phi) is 5.13. The number of nitrogens with one attached hydrogen (secondary N) is 2. The highest BCUT2D eigenvalue weighted by molar-refractivity contribution is 8.01. The van der Waals surface area contributed by atoms with E-state index < -0.39 is 5.97 Å². The van der Waals surface area contributed by atoms with Gasteiger partial charge in [0.2, 0.25) is 11.0 Å². The quantitative estimate of drug-likeness (QED) is 0.572. The van der Waals surface area contributed by atoms with Gasteiger partial charge in [0.15, 0.2) is 4.34 Å². The van der Waals surface area contributed by atoms with Gasteiger partial charge < -0.3 is 15.4 Å². The molecule has 0 aromatic carbocycles. The molecule has 1 fully saturated rings. The van der Waals surface area contributed by atoms with E-state index in [1.807, 2.05) is 0 Å². The van der Waals surface area contributed by atoms with Crippen molar-refractivity contribution in [2.24, 2.45) is 0 Å². The zero-order chi connectivity index (χ0) is 16.2. The standard InChI is InChI=1S/C13H14N4O3S3/c1-20-11(19)10-8(4-5-21-10)15-9(18)6-22-13-17-16-12(23-13)14-7-2-3-7/h4-5,7H,2-3,6H2,1H3,(H,14,16)(H,15,18). The van der Waals surface area contributed by atoms with Crippen molar-refractivity contribution in [1.29, 1.82) is 0 Å². The fourth-order valence-corrected chi connectivity index (χ4v) is 4.10. The Morgan fingerprint density at radius 1 is 1.43 bits per heavy atom. The van der Waals surface area contributed by atoms with E-state index in [9.17, 15) is 9.59 Å². The molecule has 0 atom stereocenters. The van der Waals surface area contributed by atoms with Gasteiger partial charge in [-0.2, -0.15) is 0 Å². The molecule has 1 aliphatic carbocycles. The van der Waals surface area contributed by atoms with Gasteiger partial charge in [-0.05, 0) is 24.3 Å². The first-order valence-electron chi connectivity index (χ1n) is 6.84. The second-order valence-electron chi connectivity index (χ2n) is 4.78. The Morgan fingerprint density at radius 2 is 2.26 bits per heavy atom. The van der Waals surface area contributed by atoms with Crippen molar-refractivity contribution in [3.05, 3.63) is 16.3 Å². The lowest BCUT2D eigenvalue weighted by atomic mass is 10.4. The second kappa shape index (κ2) is 7.28. The number of amides is 1. The number of ether oxygens (including phenoxy) is 1. The van der Waals surface area contributed by atoms with Gasteiger partial charge in [0.1, 0.15) is 4.88 Å². The molecule has 1 aliphatic rings. The fraction of sp³-hybridized carbons (Fsp3) is 0.385. The minimum absolute atomic E-state index is 0.203. The summed E-state index contributed by atoms with van der Waals surface area (Å²) in [6.07, 6.45) is 2.35. The molecule has 1 saturated carbocycles. The third kappa shape index (κ3) is 4.43. The zero-order valence-electron chi connectivity index (χ0n) is 12.2. The number of anilines is 2. The van der Waals surface area contributed by atoms with Crippen molar-refractivity contribution in [1.82, 2.24) is 10.2 Å². The van der Waals surface area contributed by atoms with Crippen LogP contribution in [0.25, 0.3) is 0 Å². The summed E-state index contributed by atoms with van der Waals surface area (Å²) in [4.78, 5) is 23.9. The number of thioether (sulfide) groups is 1. The van der Waals surface area contributed by atoms with Crippen LogP contribution in [0.3, 0.4) is 0 Å². The molecule has 10 heteroatoms. The average Bonchev–Trinajstić information content (AvgIpc) is 3.05. The van der Waals surface area contributed by atoms with E-state index in [-0.39, 0.29) is 11.7 Å². The van der Waals surface area contributed by atoms with Gasteiger partial charge in [-0.25, -0.2) is 4.79 Å². The first-order valence-corrected chi connectivity index (χ1v) is 9.52. The number of hydrogen-bond donors (Lipinski definition) is 2. The smallest absolute Gasteiger partial charge is 0.350 e. The van der Waals surface area contributed by atoms with E-state index in [4.69, 9.17) is 0 Å². The number of methoxy groups -OCH3 is 1. The van der Waals surface area contributed by atoms with E-state index in [0.29, 0.717) is 16.6 Å². The summed E-state index contributed by atoms with van der Waals surface area (Å²) in [7, 11) is 1.31. The summed E-state index contributed by atoms with van der Waals surface area (Å²) < 4.78 is 5.41. The number of thiophene rings is 1. The topological polar surface area (TPSA) is 93.2 Å². The molecule has 2 heterocycles. The monoisotopic (exact) mass is 370 g/mol. The van der Waals surface area contributed by atoms with Crippen LogP contribution in [0.5, 0.6) is 0 Å². The molecule has 0 bridgehead atoms. The molecule has 2 aromatic heterocycles. The lowest BCUT2D eigenvalue weighted by Gasteiger charge is -2.04. The van der Waals surface area contributed by atoms with Gasteiger partial charge in [0.25, 0.3) is 0 Å². The maximum atomic E-state index is 12.0. The van der Waals surface area contributed by atoms with Crippen LogP contribution < -0.4 is 10.6 Å². The highest BCUT2D eigenvalue weighted by atomic mass is 32.2. The van der Waals surface area contributed by atoms with E-state index in [0.717, 1.165) is 9.47 Å². The van der Waals surface area contributed by atoms with Crippen LogP contribution in [0, 0.1) is 0 Å². The highest BCUT2D eigenvalue weighted by Gasteiger charge is 2.22. The number of carbonyl (C=O) groups is 2. The summed E-state index contributed by atoms with van der Waals surface area (Å²) in [5.41, 5.74) is 0.473. The largest absolute Gasteiger partial charge is 0.465 e. The molecule has 0 radical (unpaired) electrons. The van der Waals surface area contributed by atoms with Crippen LogP contribution in [0.1, 0.15) is 22.5 Å². The van der Waals surface area contributed by atoms with Crippen molar-refractivity contribution in [2.45, 2.75) is 23.2 Å². The van der Waals surface area contributed by atoms with Crippen molar-refractivity contribution in [3.63, 3.8) is 0 Å². The predicted octanol–water partition coefficient (Wildman–Crippen LogP) is 2.69. The molecular formula is C13H14N4O3S3. The van der Waals surface area contributed by atoms with Crippen molar-refractivity contribution in [2.75, 3.05) is 23.5 Å². The molecule has 1 amide bonds.